The first kappa shape index (κ1) is 55.8. The maximum atomic E-state index is 12.4. The molecule has 0 bridgehead atoms. The van der Waals surface area contributed by atoms with Crippen LogP contribution in [0.15, 0.2) is 87.7 Å². The van der Waals surface area contributed by atoms with Gasteiger partial charge in [0.2, 0.25) is 39.5 Å². The molecular formula is C45H45N7O18S3. The van der Waals surface area contributed by atoms with E-state index in [1.54, 1.807) is 24.3 Å². The van der Waals surface area contributed by atoms with Crippen LogP contribution in [0.25, 0.3) is 0 Å². The third-order valence-corrected chi connectivity index (χ3v) is 13.4. The van der Waals surface area contributed by atoms with E-state index in [2.05, 4.69) is 30.0 Å². The highest BCUT2D eigenvalue weighted by Crippen LogP contribution is 2.36. The summed E-state index contributed by atoms with van der Waals surface area (Å²) in [5.41, 5.74) is 0.580. The Kier molecular flexibility index (Phi) is 18.6. The lowest BCUT2D eigenvalue weighted by molar-refractivity contribution is -0.385. The molecule has 1 fully saturated rings. The molecule has 0 radical (unpaired) electrons. The van der Waals surface area contributed by atoms with Crippen LogP contribution in [0.1, 0.15) is 74.5 Å². The zero-order chi connectivity index (χ0) is 53.8. The van der Waals surface area contributed by atoms with Gasteiger partial charge in [-0.1, -0.05) is 18.2 Å². The summed E-state index contributed by atoms with van der Waals surface area (Å²) in [5, 5.41) is 13.8. The molecule has 3 aromatic carbocycles. The first-order chi connectivity index (χ1) is 34.5. The molecule has 0 spiro atoms. The van der Waals surface area contributed by atoms with Crippen LogP contribution >= 0.6 is 11.8 Å². The number of carbonyl (C=O) groups excluding carboxylic acids is 6. The average Bonchev–Trinajstić information content (AvgIpc) is 3.63. The predicted octanol–water partition coefficient (Wildman–Crippen LogP) is 4.93. The summed E-state index contributed by atoms with van der Waals surface area (Å²) in [5.74, 6) is -4.34. The van der Waals surface area contributed by atoms with Crippen molar-refractivity contribution in [3.8, 4) is 23.5 Å². The van der Waals surface area contributed by atoms with Gasteiger partial charge in [-0.25, -0.2) is 35.9 Å². The molecule has 3 heterocycles. The van der Waals surface area contributed by atoms with Crippen molar-refractivity contribution in [2.75, 3.05) is 47.1 Å². The van der Waals surface area contributed by atoms with E-state index in [-0.39, 0.29) is 58.6 Å². The molecule has 7 rings (SSSR count). The van der Waals surface area contributed by atoms with Gasteiger partial charge in [0, 0.05) is 35.6 Å². The van der Waals surface area contributed by atoms with E-state index in [0.29, 0.717) is 28.9 Å². The van der Waals surface area contributed by atoms with Crippen LogP contribution in [0.3, 0.4) is 0 Å². The molecule has 2 N–H and O–H groups in total. The van der Waals surface area contributed by atoms with Crippen LogP contribution < -0.4 is 29.0 Å². The van der Waals surface area contributed by atoms with Crippen molar-refractivity contribution in [1.29, 1.82) is 0 Å². The number of fused-ring (bicyclic) bond motifs is 1. The van der Waals surface area contributed by atoms with Gasteiger partial charge in [0.15, 0.2) is 32.3 Å². The lowest BCUT2D eigenvalue weighted by atomic mass is 9.81. The number of benzene rings is 3. The molecule has 1 saturated carbocycles. The van der Waals surface area contributed by atoms with Crippen molar-refractivity contribution in [2.24, 2.45) is 5.92 Å². The molecule has 25 nitrogen and oxygen atoms in total. The van der Waals surface area contributed by atoms with Gasteiger partial charge in [-0.15, -0.1) is 0 Å². The summed E-state index contributed by atoms with van der Waals surface area (Å²) >= 11 is 1.37. The van der Waals surface area contributed by atoms with E-state index in [0.717, 1.165) is 34.9 Å². The average molecular weight is 1070 g/mol. The number of nitrogens with zero attached hydrogens (tertiary/aromatic N) is 5. The minimum absolute atomic E-state index is 0.0668. The maximum Gasteiger partial charge on any atom is 0.339 e. The van der Waals surface area contributed by atoms with Crippen molar-refractivity contribution in [3.05, 3.63) is 111 Å². The van der Waals surface area contributed by atoms with Gasteiger partial charge in [0.05, 0.1) is 79.9 Å². The Balaban J connectivity index is 0.000000205. The number of urea groups is 1. The molecule has 5 aromatic rings. The van der Waals surface area contributed by atoms with E-state index >= 15 is 0 Å². The zero-order valence-electron chi connectivity index (χ0n) is 39.7. The van der Waals surface area contributed by atoms with Crippen LogP contribution in [0.5, 0.6) is 23.5 Å². The second kappa shape index (κ2) is 24.3. The monoisotopic (exact) mass is 1070 g/mol. The van der Waals surface area contributed by atoms with Crippen LogP contribution in [-0.2, 0) is 44.7 Å². The normalized spacial score (nSPS) is 14.1. The third-order valence-electron chi connectivity index (χ3n) is 10.2. The number of sulfonamides is 1. The predicted molar refractivity (Wildman–Crippen MR) is 255 cm³/mol. The fourth-order valence-electron chi connectivity index (χ4n) is 6.75. The van der Waals surface area contributed by atoms with Gasteiger partial charge in [-0.2, -0.15) is 19.9 Å². The number of methoxy groups -OCH3 is 5. The maximum absolute atomic E-state index is 12.4. The zero-order valence-corrected chi connectivity index (χ0v) is 42.2. The molecule has 2 amide bonds. The lowest BCUT2D eigenvalue weighted by Gasteiger charge is -2.18. The second-order valence-electron chi connectivity index (χ2n) is 15.2. The third kappa shape index (κ3) is 14.7. The molecule has 1 aliphatic heterocycles. The van der Waals surface area contributed by atoms with Crippen LogP contribution in [-0.4, -0.2) is 119 Å². The number of rotatable bonds is 15. The Morgan fingerprint density at radius 2 is 1.36 bits per heavy atom. The number of nitro groups is 1. The number of nitrogens with one attached hydrogen (secondary N) is 2. The number of ketones is 3. The Morgan fingerprint density at radius 1 is 0.781 bits per heavy atom. The summed E-state index contributed by atoms with van der Waals surface area (Å²) in [4.78, 5) is 98.6. The van der Waals surface area contributed by atoms with Crippen molar-refractivity contribution < 1.29 is 78.9 Å². The summed E-state index contributed by atoms with van der Waals surface area (Å²) in [6.45, 7) is 1.85. The number of anilines is 1. The fraction of sp³-hybridized carbons (Fsp3) is 0.289. The molecule has 1 aliphatic carbocycles. The quantitative estimate of drug-likeness (QED) is 0.0350. The van der Waals surface area contributed by atoms with E-state index in [4.69, 9.17) is 23.7 Å². The van der Waals surface area contributed by atoms with Gasteiger partial charge >= 0.3 is 18.0 Å². The number of hydrogen-bond donors (Lipinski definition) is 2. The molecule has 28 heteroatoms. The largest absolute Gasteiger partial charge is 0.481 e. The highest BCUT2D eigenvalue weighted by Gasteiger charge is 2.39. The highest BCUT2D eigenvalue weighted by molar-refractivity contribution is 7.99. The SMILES string of the molecule is COC(=O)c1ccccc1CS(=O)(=O)NC(=O)Nc1nc(OC)cc(OC)n1.COc1cc(OC)nc(Sc2ccc3c(c2)C(C)OC3=O)n1.CS(=O)(=O)c1ccc(C(=O)C2C(=O)CCCC2=O)c([N+](=O)[O-])c1. The highest BCUT2D eigenvalue weighted by atomic mass is 32.2. The standard InChI is InChI=1S/C16H18N4O7S.C15H14N2O4S.C14H13NO7S/c1-25-12-8-13(26-2)18-15(17-12)19-16(22)20-28(23,24)9-10-6-4-5-7-11(10)14(21)27-3;1-8-11-6-9(4-5-10(11)14(18)21-8)22-15-16-12(19-2)7-13(17-15)20-3;1-23(21,22)8-5-6-9(10(7-8)15(19)20)14(18)13-11(16)3-2-4-12(13)17/h4-8H,9H2,1-3H3,(H2,17,18,19,20,22);4-8H,1-3H3;5-7,13H,2-4H2,1H3. The summed E-state index contributed by atoms with van der Waals surface area (Å²) < 4.78 is 79.3. The van der Waals surface area contributed by atoms with Crippen molar-refractivity contribution in [1.82, 2.24) is 24.7 Å². The summed E-state index contributed by atoms with van der Waals surface area (Å²) in [6, 6.07) is 16.2. The molecule has 1 atom stereocenters. The second-order valence-corrected chi connectivity index (χ2v) is 19.9. The minimum atomic E-state index is -4.14. The Morgan fingerprint density at radius 3 is 1.90 bits per heavy atom. The summed E-state index contributed by atoms with van der Waals surface area (Å²) in [6.07, 6.45) is 1.14. The molecule has 386 valence electrons. The Labute approximate surface area is 420 Å². The molecule has 0 saturated heterocycles. The van der Waals surface area contributed by atoms with Crippen molar-refractivity contribution in [2.45, 2.75) is 53.0 Å². The van der Waals surface area contributed by atoms with E-state index in [1.807, 2.05) is 23.8 Å². The van der Waals surface area contributed by atoms with Crippen molar-refractivity contribution in [3.63, 3.8) is 0 Å². The number of nitro benzene ring substituents is 1. The number of carbonyl (C=O) groups is 6. The number of cyclic esters (lactones) is 1. The van der Waals surface area contributed by atoms with Gasteiger partial charge in [-0.3, -0.25) is 29.8 Å². The minimum Gasteiger partial charge on any atom is -0.481 e. The van der Waals surface area contributed by atoms with Gasteiger partial charge in [0.25, 0.3) is 5.69 Å². The topological polar surface area (TPSA) is 345 Å². The molecule has 2 aromatic heterocycles. The number of Topliss-reactive ketones (excluding diaryl/α,β-unsaturated/α-hetero) is 3. The number of ether oxygens (including phenoxy) is 6. The van der Waals surface area contributed by atoms with Crippen LogP contribution in [0.4, 0.5) is 16.4 Å². The van der Waals surface area contributed by atoms with Crippen molar-refractivity contribution >= 4 is 78.6 Å². The van der Waals surface area contributed by atoms with Gasteiger partial charge < -0.3 is 28.4 Å². The van der Waals surface area contributed by atoms with Gasteiger partial charge in [-0.05, 0) is 67.1 Å². The number of aromatic nitrogens is 4. The van der Waals surface area contributed by atoms with E-state index in [1.165, 1.54) is 65.5 Å². The van der Waals surface area contributed by atoms with Gasteiger partial charge in [0.1, 0.15) is 12.0 Å². The van der Waals surface area contributed by atoms with Crippen LogP contribution in [0.2, 0.25) is 0 Å². The Hall–Kier alpha value is -8.11. The first-order valence-electron chi connectivity index (χ1n) is 21.0. The lowest BCUT2D eigenvalue weighted by Crippen LogP contribution is -2.36. The fourth-order valence-corrected chi connectivity index (χ4v) is 9.26. The van der Waals surface area contributed by atoms with E-state index in [9.17, 15) is 55.7 Å². The molecule has 1 unspecified atom stereocenters. The Bertz CT molecular complexity index is 3150. The van der Waals surface area contributed by atoms with E-state index < -0.39 is 77.1 Å². The molecule has 2 aliphatic rings. The summed E-state index contributed by atoms with van der Waals surface area (Å²) in [7, 11) is -0.865. The number of sulfone groups is 1. The first-order valence-corrected chi connectivity index (χ1v) is 25.4. The number of amides is 2. The van der Waals surface area contributed by atoms with Crippen LogP contribution in [0, 0.1) is 16.0 Å². The number of hydrogen-bond acceptors (Lipinski definition) is 23. The smallest absolute Gasteiger partial charge is 0.339 e. The molecule has 73 heavy (non-hydrogen) atoms. The molecular weight excluding hydrogens is 1020 g/mol. The number of esters is 2.